The first kappa shape index (κ1) is 14.4. The highest BCUT2D eigenvalue weighted by Gasteiger charge is 2.10. The molecule has 0 aliphatic heterocycles. The van der Waals surface area contributed by atoms with Gasteiger partial charge in [-0.2, -0.15) is 0 Å². The van der Waals surface area contributed by atoms with Crippen LogP contribution < -0.4 is 5.32 Å². The number of hydrogen-bond acceptors (Lipinski definition) is 3. The molecular formula is C17H17ClN2S. The van der Waals surface area contributed by atoms with Gasteiger partial charge in [0.15, 0.2) is 5.13 Å². The summed E-state index contributed by atoms with van der Waals surface area (Å²) in [4.78, 5) is 4.65. The molecule has 0 aliphatic carbocycles. The fourth-order valence-corrected chi connectivity index (χ4v) is 3.61. The Morgan fingerprint density at radius 3 is 2.48 bits per heavy atom. The molecule has 0 atom stereocenters. The first-order valence-corrected chi connectivity index (χ1v) is 8.34. The predicted molar refractivity (Wildman–Crippen MR) is 93.1 cm³/mol. The molecule has 0 unspecified atom stereocenters. The monoisotopic (exact) mass is 316 g/mol. The zero-order valence-corrected chi connectivity index (χ0v) is 13.7. The molecule has 3 aromatic rings. The SMILES string of the molecule is CCc1cccc(CC)c1Nc1nc2ccc(Cl)cc2s1. The number of nitrogens with one attached hydrogen (secondary N) is 1. The third-order valence-corrected chi connectivity index (χ3v) is 4.75. The summed E-state index contributed by atoms with van der Waals surface area (Å²) in [5.41, 5.74) is 4.84. The number of aromatic nitrogens is 1. The maximum atomic E-state index is 6.04. The van der Waals surface area contributed by atoms with Gasteiger partial charge in [0.1, 0.15) is 0 Å². The molecular weight excluding hydrogens is 300 g/mol. The van der Waals surface area contributed by atoms with E-state index in [0.717, 1.165) is 33.2 Å². The lowest BCUT2D eigenvalue weighted by molar-refractivity contribution is 1.09. The maximum absolute atomic E-state index is 6.04. The minimum Gasteiger partial charge on any atom is -0.331 e. The fourth-order valence-electron chi connectivity index (χ4n) is 2.46. The predicted octanol–water partition coefficient (Wildman–Crippen LogP) is 5.82. The van der Waals surface area contributed by atoms with Gasteiger partial charge in [0.2, 0.25) is 0 Å². The van der Waals surface area contributed by atoms with Crippen LogP contribution in [0.25, 0.3) is 10.2 Å². The van der Waals surface area contributed by atoms with E-state index in [0.29, 0.717) is 0 Å². The lowest BCUT2D eigenvalue weighted by Crippen LogP contribution is -1.99. The number of thiazole rings is 1. The van der Waals surface area contributed by atoms with Gasteiger partial charge < -0.3 is 5.32 Å². The normalized spacial score (nSPS) is 11.0. The topological polar surface area (TPSA) is 24.9 Å². The van der Waals surface area contributed by atoms with E-state index in [1.165, 1.54) is 16.8 Å². The Kier molecular flexibility index (Phi) is 4.13. The Balaban J connectivity index is 2.02. The van der Waals surface area contributed by atoms with Crippen LogP contribution in [0.15, 0.2) is 36.4 Å². The van der Waals surface area contributed by atoms with E-state index in [4.69, 9.17) is 11.6 Å². The first-order chi connectivity index (χ1) is 10.2. The molecule has 0 aliphatic rings. The summed E-state index contributed by atoms with van der Waals surface area (Å²) in [5, 5.41) is 5.19. The Bertz CT molecular complexity index is 757. The van der Waals surface area contributed by atoms with Gasteiger partial charge in [-0.1, -0.05) is 55.0 Å². The van der Waals surface area contributed by atoms with E-state index in [1.54, 1.807) is 11.3 Å². The van der Waals surface area contributed by atoms with Crippen LogP contribution >= 0.6 is 22.9 Å². The number of anilines is 2. The average Bonchev–Trinajstić information content (AvgIpc) is 2.88. The fraction of sp³-hybridized carbons (Fsp3) is 0.235. The van der Waals surface area contributed by atoms with Crippen LogP contribution in [0.1, 0.15) is 25.0 Å². The van der Waals surface area contributed by atoms with Gasteiger partial charge >= 0.3 is 0 Å². The van der Waals surface area contributed by atoms with Gasteiger partial charge in [-0.25, -0.2) is 4.98 Å². The van der Waals surface area contributed by atoms with Gasteiger partial charge in [-0.3, -0.25) is 0 Å². The Labute approximate surface area is 133 Å². The van der Waals surface area contributed by atoms with Crippen molar-refractivity contribution in [3.8, 4) is 0 Å². The van der Waals surface area contributed by atoms with Crippen LogP contribution in [-0.4, -0.2) is 4.98 Å². The van der Waals surface area contributed by atoms with Crippen LogP contribution in [0.2, 0.25) is 5.02 Å². The highest BCUT2D eigenvalue weighted by Crippen LogP contribution is 2.32. The summed E-state index contributed by atoms with van der Waals surface area (Å²) in [6, 6.07) is 12.3. The maximum Gasteiger partial charge on any atom is 0.188 e. The molecule has 4 heteroatoms. The van der Waals surface area contributed by atoms with E-state index in [9.17, 15) is 0 Å². The van der Waals surface area contributed by atoms with Crippen molar-refractivity contribution in [3.63, 3.8) is 0 Å². The number of hydrogen-bond donors (Lipinski definition) is 1. The molecule has 21 heavy (non-hydrogen) atoms. The third-order valence-electron chi connectivity index (χ3n) is 3.58. The molecule has 1 aromatic heterocycles. The third kappa shape index (κ3) is 2.89. The van der Waals surface area contributed by atoms with Gasteiger partial charge in [0.05, 0.1) is 10.2 Å². The van der Waals surface area contributed by atoms with Crippen molar-refractivity contribution >= 4 is 44.0 Å². The molecule has 0 bridgehead atoms. The zero-order valence-electron chi connectivity index (χ0n) is 12.1. The van der Waals surface area contributed by atoms with Crippen molar-refractivity contribution < 1.29 is 0 Å². The van der Waals surface area contributed by atoms with Gasteiger partial charge in [0, 0.05) is 10.7 Å². The number of fused-ring (bicyclic) bond motifs is 1. The lowest BCUT2D eigenvalue weighted by Gasteiger charge is -2.13. The molecule has 0 saturated carbocycles. The highest BCUT2D eigenvalue weighted by atomic mass is 35.5. The molecule has 0 radical (unpaired) electrons. The quantitative estimate of drug-likeness (QED) is 0.656. The van der Waals surface area contributed by atoms with Crippen LogP contribution in [-0.2, 0) is 12.8 Å². The molecule has 108 valence electrons. The molecule has 3 rings (SSSR count). The van der Waals surface area contributed by atoms with Crippen molar-refractivity contribution in [3.05, 3.63) is 52.5 Å². The zero-order chi connectivity index (χ0) is 14.8. The number of rotatable bonds is 4. The van der Waals surface area contributed by atoms with Gasteiger partial charge in [0.25, 0.3) is 0 Å². The second kappa shape index (κ2) is 6.04. The van der Waals surface area contributed by atoms with E-state index >= 15 is 0 Å². The Morgan fingerprint density at radius 1 is 1.10 bits per heavy atom. The molecule has 0 spiro atoms. The number of para-hydroxylation sites is 1. The number of nitrogens with zero attached hydrogens (tertiary/aromatic N) is 1. The molecule has 0 fully saturated rings. The second-order valence-corrected chi connectivity index (χ2v) is 6.38. The van der Waals surface area contributed by atoms with E-state index in [1.807, 2.05) is 18.2 Å². The van der Waals surface area contributed by atoms with Crippen LogP contribution in [0.3, 0.4) is 0 Å². The molecule has 0 amide bonds. The minimum atomic E-state index is 0.751. The van der Waals surface area contributed by atoms with Crippen molar-refractivity contribution in [2.45, 2.75) is 26.7 Å². The molecule has 2 nitrogen and oxygen atoms in total. The average molecular weight is 317 g/mol. The minimum absolute atomic E-state index is 0.751. The first-order valence-electron chi connectivity index (χ1n) is 7.15. The molecule has 0 saturated heterocycles. The van der Waals surface area contributed by atoms with E-state index in [2.05, 4.69) is 42.3 Å². The highest BCUT2D eigenvalue weighted by molar-refractivity contribution is 7.22. The van der Waals surface area contributed by atoms with Crippen molar-refractivity contribution in [2.75, 3.05) is 5.32 Å². The molecule has 1 N–H and O–H groups in total. The lowest BCUT2D eigenvalue weighted by atomic mass is 10.0. The summed E-state index contributed by atoms with van der Waals surface area (Å²) < 4.78 is 1.11. The van der Waals surface area contributed by atoms with Crippen molar-refractivity contribution in [2.24, 2.45) is 0 Å². The summed E-state index contributed by atoms with van der Waals surface area (Å²) in [6.45, 7) is 4.36. The molecule has 1 heterocycles. The van der Waals surface area contributed by atoms with Crippen molar-refractivity contribution in [1.29, 1.82) is 0 Å². The largest absolute Gasteiger partial charge is 0.331 e. The summed E-state index contributed by atoms with van der Waals surface area (Å²) >= 11 is 7.68. The number of benzene rings is 2. The Hall–Kier alpha value is -1.58. The summed E-state index contributed by atoms with van der Waals surface area (Å²) in [5.74, 6) is 0. The number of halogens is 1. The van der Waals surface area contributed by atoms with E-state index < -0.39 is 0 Å². The molecule has 2 aromatic carbocycles. The second-order valence-electron chi connectivity index (χ2n) is 4.91. The van der Waals surface area contributed by atoms with E-state index in [-0.39, 0.29) is 0 Å². The van der Waals surface area contributed by atoms with Crippen LogP contribution in [0.4, 0.5) is 10.8 Å². The van der Waals surface area contributed by atoms with Crippen LogP contribution in [0, 0.1) is 0 Å². The number of aryl methyl sites for hydroxylation is 2. The summed E-state index contributed by atoms with van der Waals surface area (Å²) in [7, 11) is 0. The van der Waals surface area contributed by atoms with Gasteiger partial charge in [-0.15, -0.1) is 0 Å². The van der Waals surface area contributed by atoms with Gasteiger partial charge in [-0.05, 0) is 42.2 Å². The summed E-state index contributed by atoms with van der Waals surface area (Å²) in [6.07, 6.45) is 2.01. The van der Waals surface area contributed by atoms with Crippen LogP contribution in [0.5, 0.6) is 0 Å². The van der Waals surface area contributed by atoms with Crippen molar-refractivity contribution in [1.82, 2.24) is 4.98 Å². The smallest absolute Gasteiger partial charge is 0.188 e. The standard InChI is InChI=1S/C17H17ClN2S/c1-3-11-6-5-7-12(4-2)16(11)20-17-19-14-9-8-13(18)10-15(14)21-17/h5-10H,3-4H2,1-2H3,(H,19,20). The Morgan fingerprint density at radius 2 is 1.81 bits per heavy atom.